The van der Waals surface area contributed by atoms with Gasteiger partial charge in [0.25, 0.3) is 0 Å². The standard InChI is InChI=1S/C20H21F3N4O/c21-20(22,23)14-6-8-15(9-7-14)24-19-25-18-3-1-2-16(27(18)26-19)12-13-4-10-17(28)11-5-13/h1-3,6-9,13,17,28H,4-5,10-12H2,(H,24,26). The van der Waals surface area contributed by atoms with Crippen molar-refractivity contribution < 1.29 is 18.3 Å². The summed E-state index contributed by atoms with van der Waals surface area (Å²) in [6, 6.07) is 10.6. The molecule has 1 fully saturated rings. The molecule has 0 aliphatic heterocycles. The maximum atomic E-state index is 12.7. The zero-order chi connectivity index (χ0) is 19.7. The molecule has 4 rings (SSSR count). The summed E-state index contributed by atoms with van der Waals surface area (Å²) in [6.45, 7) is 0. The Labute approximate surface area is 160 Å². The van der Waals surface area contributed by atoms with Gasteiger partial charge in [0.2, 0.25) is 5.95 Å². The first kappa shape index (κ1) is 18.7. The number of alkyl halides is 3. The normalized spacial score (nSPS) is 20.4. The van der Waals surface area contributed by atoms with Crippen LogP contribution in [0.4, 0.5) is 24.8 Å². The van der Waals surface area contributed by atoms with Gasteiger partial charge in [0.15, 0.2) is 5.65 Å². The molecule has 1 aliphatic rings. The van der Waals surface area contributed by atoms with Crippen LogP contribution in [0.15, 0.2) is 42.5 Å². The number of pyridine rings is 1. The Bertz CT molecular complexity index is 944. The van der Waals surface area contributed by atoms with Crippen molar-refractivity contribution in [3.63, 3.8) is 0 Å². The molecule has 2 heterocycles. The molecule has 1 saturated carbocycles. The number of aliphatic hydroxyl groups excluding tert-OH is 1. The molecule has 0 unspecified atom stereocenters. The summed E-state index contributed by atoms with van der Waals surface area (Å²) in [4.78, 5) is 4.42. The second-order valence-electron chi connectivity index (χ2n) is 7.30. The van der Waals surface area contributed by atoms with Gasteiger partial charge in [-0.2, -0.15) is 18.2 Å². The molecule has 2 N–H and O–H groups in total. The van der Waals surface area contributed by atoms with E-state index in [1.165, 1.54) is 12.1 Å². The lowest BCUT2D eigenvalue weighted by molar-refractivity contribution is -0.137. The maximum Gasteiger partial charge on any atom is 0.416 e. The zero-order valence-electron chi connectivity index (χ0n) is 15.2. The van der Waals surface area contributed by atoms with Crippen molar-refractivity contribution in [3.05, 3.63) is 53.7 Å². The van der Waals surface area contributed by atoms with Gasteiger partial charge >= 0.3 is 6.18 Å². The van der Waals surface area contributed by atoms with Crippen molar-refractivity contribution in [3.8, 4) is 0 Å². The molecule has 1 aliphatic carbocycles. The molecule has 0 bridgehead atoms. The van der Waals surface area contributed by atoms with Crippen LogP contribution in [0.1, 0.15) is 36.9 Å². The largest absolute Gasteiger partial charge is 0.416 e. The van der Waals surface area contributed by atoms with Crippen LogP contribution in [0.2, 0.25) is 0 Å². The molecule has 0 atom stereocenters. The molecule has 148 valence electrons. The molecule has 0 amide bonds. The molecule has 0 spiro atoms. The van der Waals surface area contributed by atoms with Gasteiger partial charge in [0.1, 0.15) is 0 Å². The maximum absolute atomic E-state index is 12.7. The Morgan fingerprint density at radius 1 is 1.04 bits per heavy atom. The van der Waals surface area contributed by atoms with Crippen LogP contribution in [0, 0.1) is 5.92 Å². The minimum atomic E-state index is -4.36. The highest BCUT2D eigenvalue weighted by molar-refractivity contribution is 5.56. The highest BCUT2D eigenvalue weighted by Gasteiger charge is 2.30. The van der Waals surface area contributed by atoms with Crippen LogP contribution in [0.5, 0.6) is 0 Å². The topological polar surface area (TPSA) is 62.5 Å². The third-order valence-corrected chi connectivity index (χ3v) is 5.22. The molecule has 28 heavy (non-hydrogen) atoms. The first-order chi connectivity index (χ1) is 13.4. The van der Waals surface area contributed by atoms with Crippen molar-refractivity contribution in [1.82, 2.24) is 14.6 Å². The summed E-state index contributed by atoms with van der Waals surface area (Å²) >= 11 is 0. The number of nitrogens with zero attached hydrogens (tertiary/aromatic N) is 3. The van der Waals surface area contributed by atoms with E-state index in [4.69, 9.17) is 0 Å². The molecule has 5 nitrogen and oxygen atoms in total. The third-order valence-electron chi connectivity index (χ3n) is 5.22. The lowest BCUT2D eigenvalue weighted by Crippen LogP contribution is -2.20. The van der Waals surface area contributed by atoms with Crippen molar-refractivity contribution >= 4 is 17.3 Å². The van der Waals surface area contributed by atoms with E-state index in [-0.39, 0.29) is 6.10 Å². The molecule has 2 aromatic heterocycles. The lowest BCUT2D eigenvalue weighted by atomic mass is 9.84. The van der Waals surface area contributed by atoms with Crippen molar-refractivity contribution in [1.29, 1.82) is 0 Å². The summed E-state index contributed by atoms with van der Waals surface area (Å²) in [5.74, 6) is 0.843. The van der Waals surface area contributed by atoms with Gasteiger partial charge in [-0.25, -0.2) is 4.52 Å². The highest BCUT2D eigenvalue weighted by Crippen LogP contribution is 2.30. The molecule has 0 radical (unpaired) electrons. The summed E-state index contributed by atoms with van der Waals surface area (Å²) in [7, 11) is 0. The van der Waals surface area contributed by atoms with E-state index < -0.39 is 11.7 Å². The Balaban J connectivity index is 1.51. The first-order valence-corrected chi connectivity index (χ1v) is 9.35. The fraction of sp³-hybridized carbons (Fsp3) is 0.400. The Hall–Kier alpha value is -2.61. The predicted octanol–water partition coefficient (Wildman–Crippen LogP) is 4.59. The van der Waals surface area contributed by atoms with E-state index >= 15 is 0 Å². The number of halogens is 3. The molecule has 0 saturated heterocycles. The van der Waals surface area contributed by atoms with Gasteiger partial charge in [-0.3, -0.25) is 0 Å². The van der Waals surface area contributed by atoms with E-state index in [1.807, 2.05) is 18.2 Å². The van der Waals surface area contributed by atoms with E-state index in [0.29, 0.717) is 23.2 Å². The molecule has 3 aromatic rings. The van der Waals surface area contributed by atoms with Crippen LogP contribution < -0.4 is 5.32 Å². The smallest absolute Gasteiger partial charge is 0.393 e. The molecular weight excluding hydrogens is 369 g/mol. The van der Waals surface area contributed by atoms with Crippen LogP contribution in [0.3, 0.4) is 0 Å². The molecular formula is C20H21F3N4O. The van der Waals surface area contributed by atoms with Crippen molar-refractivity contribution in [2.24, 2.45) is 5.92 Å². The van der Waals surface area contributed by atoms with E-state index in [0.717, 1.165) is 49.9 Å². The minimum absolute atomic E-state index is 0.182. The third kappa shape index (κ3) is 4.11. The predicted molar refractivity (Wildman–Crippen MR) is 99.4 cm³/mol. The number of nitrogens with one attached hydrogen (secondary N) is 1. The fourth-order valence-electron chi connectivity index (χ4n) is 3.68. The van der Waals surface area contributed by atoms with Gasteiger partial charge in [0.05, 0.1) is 11.7 Å². The number of aromatic nitrogens is 3. The summed E-state index contributed by atoms with van der Waals surface area (Å²) in [6.07, 6.45) is -0.0432. The average molecular weight is 390 g/mol. The Kier molecular flexibility index (Phi) is 4.97. The van der Waals surface area contributed by atoms with Gasteiger partial charge < -0.3 is 10.4 Å². The molecule has 8 heteroatoms. The Morgan fingerprint density at radius 2 is 1.75 bits per heavy atom. The minimum Gasteiger partial charge on any atom is -0.393 e. The first-order valence-electron chi connectivity index (χ1n) is 9.35. The van der Waals surface area contributed by atoms with Gasteiger partial charge in [-0.05, 0) is 74.4 Å². The number of benzene rings is 1. The number of hydrogen-bond donors (Lipinski definition) is 2. The van der Waals surface area contributed by atoms with Crippen LogP contribution in [-0.2, 0) is 12.6 Å². The van der Waals surface area contributed by atoms with Crippen molar-refractivity contribution in [2.45, 2.75) is 44.4 Å². The second-order valence-corrected chi connectivity index (χ2v) is 7.30. The van der Waals surface area contributed by atoms with E-state index in [1.54, 1.807) is 4.52 Å². The van der Waals surface area contributed by atoms with E-state index in [2.05, 4.69) is 15.4 Å². The van der Waals surface area contributed by atoms with Crippen molar-refractivity contribution in [2.75, 3.05) is 5.32 Å². The number of rotatable bonds is 4. The monoisotopic (exact) mass is 390 g/mol. The van der Waals surface area contributed by atoms with E-state index in [9.17, 15) is 18.3 Å². The molecule has 1 aromatic carbocycles. The van der Waals surface area contributed by atoms with Gasteiger partial charge in [0, 0.05) is 11.4 Å². The highest BCUT2D eigenvalue weighted by atomic mass is 19.4. The summed E-state index contributed by atoms with van der Waals surface area (Å²) < 4.78 is 39.8. The zero-order valence-corrected chi connectivity index (χ0v) is 15.2. The Morgan fingerprint density at radius 3 is 2.43 bits per heavy atom. The van der Waals surface area contributed by atoms with Gasteiger partial charge in [-0.15, -0.1) is 5.10 Å². The van der Waals surface area contributed by atoms with Crippen LogP contribution >= 0.6 is 0 Å². The van der Waals surface area contributed by atoms with Crippen LogP contribution in [0.25, 0.3) is 5.65 Å². The summed E-state index contributed by atoms with van der Waals surface area (Å²) in [5, 5.41) is 17.1. The number of fused-ring (bicyclic) bond motifs is 1. The average Bonchev–Trinajstić information content (AvgIpc) is 3.07. The quantitative estimate of drug-likeness (QED) is 0.684. The number of aliphatic hydroxyl groups is 1. The lowest BCUT2D eigenvalue weighted by Gasteiger charge is -2.25. The number of hydrogen-bond acceptors (Lipinski definition) is 4. The van der Waals surface area contributed by atoms with Gasteiger partial charge in [-0.1, -0.05) is 6.07 Å². The summed E-state index contributed by atoms with van der Waals surface area (Å²) in [5.41, 5.74) is 1.52. The van der Waals surface area contributed by atoms with Crippen LogP contribution in [-0.4, -0.2) is 25.8 Å². The second kappa shape index (κ2) is 7.43. The fourth-order valence-corrected chi connectivity index (χ4v) is 3.68. The number of anilines is 2. The SMILES string of the molecule is OC1CCC(Cc2cccc3nc(Nc4ccc(C(F)(F)F)cc4)nn23)CC1.